The number of carbonyl (C=O) groups is 1. The first kappa shape index (κ1) is 30.0. The Morgan fingerprint density at radius 2 is 1.95 bits per heavy atom. The van der Waals surface area contributed by atoms with Gasteiger partial charge in [0.15, 0.2) is 0 Å². The fraction of sp³-hybridized carbons (Fsp3) is 0.242. The standard InChI is InChI=1S/C33H29ClFN3O5/c1-19(39)32(33(40)41)38-17-22-12-27(34)31(13-30(22)42-18-21-11-20(14-36)15-37-16-21)43-29-10-9-24-23(6-4-7-26(24)29)25-5-2-3-8-28(25)35/h2-8,11-13,15-16,19,29,32,38-39H,9-10,17-18H2,1H3,(H,40,41)/t19?,29-,32?/m0/s1. The minimum atomic E-state index is -1.21. The smallest absolute Gasteiger partial charge is 0.323 e. The Hall–Kier alpha value is -4.49. The number of carboxylic acid groups (broad SMARTS) is 1. The van der Waals surface area contributed by atoms with Gasteiger partial charge in [0.2, 0.25) is 0 Å². The SMILES string of the molecule is CC(O)C(NCc1cc(Cl)c(O[C@H]2CCc3c(-c4ccccc4F)cccc32)cc1OCc1cncc(C#N)c1)C(=O)O. The van der Waals surface area contributed by atoms with Crippen molar-refractivity contribution < 1.29 is 28.9 Å². The quantitative estimate of drug-likeness (QED) is 0.192. The highest BCUT2D eigenvalue weighted by Gasteiger charge is 2.29. The molecule has 43 heavy (non-hydrogen) atoms. The third-order valence-electron chi connectivity index (χ3n) is 7.34. The Bertz CT molecular complexity index is 1690. The number of benzene rings is 3. The van der Waals surface area contributed by atoms with Crippen LogP contribution in [0.2, 0.25) is 5.02 Å². The van der Waals surface area contributed by atoms with Gasteiger partial charge in [0.25, 0.3) is 0 Å². The largest absolute Gasteiger partial charge is 0.488 e. The lowest BCUT2D eigenvalue weighted by atomic mass is 9.96. The number of carboxylic acids is 1. The summed E-state index contributed by atoms with van der Waals surface area (Å²) in [4.78, 5) is 15.7. The second kappa shape index (κ2) is 13.2. The van der Waals surface area contributed by atoms with Crippen LogP contribution in [0.5, 0.6) is 11.5 Å². The third-order valence-corrected chi connectivity index (χ3v) is 7.64. The second-order valence-corrected chi connectivity index (χ2v) is 10.7. The molecule has 1 aliphatic rings. The maximum atomic E-state index is 14.6. The van der Waals surface area contributed by atoms with Crippen LogP contribution in [-0.4, -0.2) is 33.3 Å². The molecule has 0 saturated carbocycles. The molecule has 5 rings (SSSR count). The van der Waals surface area contributed by atoms with Gasteiger partial charge in [-0.25, -0.2) is 4.39 Å². The van der Waals surface area contributed by atoms with Crippen LogP contribution in [-0.2, 0) is 24.4 Å². The average molecular weight is 602 g/mol. The number of aliphatic hydroxyl groups is 1. The number of aliphatic hydroxyl groups excluding tert-OH is 1. The summed E-state index contributed by atoms with van der Waals surface area (Å²) >= 11 is 6.68. The molecule has 8 nitrogen and oxygen atoms in total. The van der Waals surface area contributed by atoms with E-state index < -0.39 is 18.1 Å². The first-order chi connectivity index (χ1) is 20.7. The van der Waals surface area contributed by atoms with E-state index in [4.69, 9.17) is 21.1 Å². The Balaban J connectivity index is 1.43. The number of hydrogen-bond donors (Lipinski definition) is 3. The van der Waals surface area contributed by atoms with Crippen molar-refractivity contribution in [2.75, 3.05) is 0 Å². The minimum absolute atomic E-state index is 0.0337. The van der Waals surface area contributed by atoms with Crippen molar-refractivity contribution >= 4 is 17.6 Å². The van der Waals surface area contributed by atoms with Crippen LogP contribution < -0.4 is 14.8 Å². The number of nitrogens with zero attached hydrogens (tertiary/aromatic N) is 2. The highest BCUT2D eigenvalue weighted by atomic mass is 35.5. The van der Waals surface area contributed by atoms with Crippen LogP contribution in [0.15, 0.2) is 73.1 Å². The molecule has 1 aliphatic carbocycles. The lowest BCUT2D eigenvalue weighted by molar-refractivity contribution is -0.142. The molecule has 0 fully saturated rings. The molecular weight excluding hydrogens is 573 g/mol. The van der Waals surface area contributed by atoms with E-state index in [9.17, 15) is 24.7 Å². The number of rotatable bonds is 11. The lowest BCUT2D eigenvalue weighted by Gasteiger charge is -2.21. The number of pyridine rings is 1. The Kier molecular flexibility index (Phi) is 9.22. The number of nitriles is 1. The summed E-state index contributed by atoms with van der Waals surface area (Å²) < 4.78 is 27.2. The fourth-order valence-corrected chi connectivity index (χ4v) is 5.47. The van der Waals surface area contributed by atoms with Crippen LogP contribution in [0.3, 0.4) is 0 Å². The predicted octanol–water partition coefficient (Wildman–Crippen LogP) is 5.98. The highest BCUT2D eigenvalue weighted by molar-refractivity contribution is 6.32. The molecule has 0 spiro atoms. The van der Waals surface area contributed by atoms with E-state index in [1.807, 2.05) is 30.3 Å². The zero-order valence-corrected chi connectivity index (χ0v) is 24.0. The van der Waals surface area contributed by atoms with E-state index in [1.165, 1.54) is 19.2 Å². The summed E-state index contributed by atoms with van der Waals surface area (Å²) in [6.45, 7) is 1.50. The molecule has 3 aromatic carbocycles. The number of halogens is 2. The lowest BCUT2D eigenvalue weighted by Crippen LogP contribution is -2.44. The van der Waals surface area contributed by atoms with Gasteiger partial charge in [0.1, 0.15) is 42.1 Å². The van der Waals surface area contributed by atoms with E-state index in [1.54, 1.807) is 36.5 Å². The van der Waals surface area contributed by atoms with E-state index in [0.717, 1.165) is 16.7 Å². The Morgan fingerprint density at radius 3 is 2.70 bits per heavy atom. The zero-order chi connectivity index (χ0) is 30.5. The van der Waals surface area contributed by atoms with Crippen molar-refractivity contribution in [3.05, 3.63) is 112 Å². The van der Waals surface area contributed by atoms with Crippen LogP contribution in [0.25, 0.3) is 11.1 Å². The number of nitrogens with one attached hydrogen (secondary N) is 1. The summed E-state index contributed by atoms with van der Waals surface area (Å²) in [6, 6.07) is 18.2. The van der Waals surface area contributed by atoms with Crippen molar-refractivity contribution in [2.24, 2.45) is 0 Å². The van der Waals surface area contributed by atoms with Gasteiger partial charge in [-0.2, -0.15) is 5.26 Å². The van der Waals surface area contributed by atoms with Crippen LogP contribution in [0.1, 0.15) is 47.3 Å². The van der Waals surface area contributed by atoms with Crippen LogP contribution >= 0.6 is 11.6 Å². The van der Waals surface area contributed by atoms with E-state index in [0.29, 0.717) is 51.6 Å². The molecule has 1 heterocycles. The van der Waals surface area contributed by atoms with Crippen LogP contribution in [0, 0.1) is 17.1 Å². The monoisotopic (exact) mass is 601 g/mol. The second-order valence-electron chi connectivity index (χ2n) is 10.3. The fourth-order valence-electron chi connectivity index (χ4n) is 5.24. The highest BCUT2D eigenvalue weighted by Crippen LogP contribution is 2.43. The number of hydrogen-bond acceptors (Lipinski definition) is 7. The van der Waals surface area contributed by atoms with E-state index in [2.05, 4.69) is 10.3 Å². The third kappa shape index (κ3) is 6.78. The summed E-state index contributed by atoms with van der Waals surface area (Å²) in [6.07, 6.45) is 2.92. The predicted molar refractivity (Wildman–Crippen MR) is 158 cm³/mol. The van der Waals surface area contributed by atoms with E-state index in [-0.39, 0.29) is 25.1 Å². The maximum Gasteiger partial charge on any atom is 0.323 e. The minimum Gasteiger partial charge on any atom is -0.488 e. The topological polar surface area (TPSA) is 125 Å². The molecule has 0 amide bonds. The van der Waals surface area contributed by atoms with Gasteiger partial charge in [0.05, 0.1) is 16.7 Å². The van der Waals surface area contributed by atoms with Gasteiger partial charge in [-0.3, -0.25) is 15.1 Å². The van der Waals surface area contributed by atoms with Crippen molar-refractivity contribution in [3.63, 3.8) is 0 Å². The molecular formula is C33H29ClFN3O5. The molecule has 3 N–H and O–H groups in total. The number of fused-ring (bicyclic) bond motifs is 1. The first-order valence-corrected chi connectivity index (χ1v) is 14.1. The summed E-state index contributed by atoms with van der Waals surface area (Å²) in [5.74, 6) is -0.741. The molecule has 0 saturated heterocycles. The summed E-state index contributed by atoms with van der Waals surface area (Å²) in [5, 5.41) is 31.7. The first-order valence-electron chi connectivity index (χ1n) is 13.7. The zero-order valence-electron chi connectivity index (χ0n) is 23.3. The van der Waals surface area contributed by atoms with Gasteiger partial charge in [-0.15, -0.1) is 0 Å². The molecule has 0 radical (unpaired) electrons. The molecule has 0 aliphatic heterocycles. The van der Waals surface area contributed by atoms with Crippen molar-refractivity contribution in [2.45, 2.75) is 51.2 Å². The molecule has 2 unspecified atom stereocenters. The van der Waals surface area contributed by atoms with Crippen molar-refractivity contribution in [1.82, 2.24) is 10.3 Å². The normalized spacial score (nSPS) is 15.3. The molecule has 4 aromatic rings. The van der Waals surface area contributed by atoms with Crippen molar-refractivity contribution in [1.29, 1.82) is 5.26 Å². The van der Waals surface area contributed by atoms with Crippen LogP contribution in [0.4, 0.5) is 4.39 Å². The van der Waals surface area contributed by atoms with Gasteiger partial charge in [-0.05, 0) is 54.7 Å². The van der Waals surface area contributed by atoms with Gasteiger partial charge in [0, 0.05) is 41.7 Å². The Labute approximate surface area is 253 Å². The number of aliphatic carboxylic acids is 1. The summed E-state index contributed by atoms with van der Waals surface area (Å²) in [7, 11) is 0. The van der Waals surface area contributed by atoms with Gasteiger partial charge >= 0.3 is 5.97 Å². The van der Waals surface area contributed by atoms with Crippen molar-refractivity contribution in [3.8, 4) is 28.7 Å². The van der Waals surface area contributed by atoms with Gasteiger partial charge in [-0.1, -0.05) is 48.0 Å². The molecule has 3 atom stereocenters. The molecule has 0 bridgehead atoms. The van der Waals surface area contributed by atoms with Gasteiger partial charge < -0.3 is 19.7 Å². The maximum absolute atomic E-state index is 14.6. The number of aromatic nitrogens is 1. The molecule has 1 aromatic heterocycles. The summed E-state index contributed by atoms with van der Waals surface area (Å²) in [5.41, 5.74) is 4.93. The number of ether oxygens (including phenoxy) is 2. The Morgan fingerprint density at radius 1 is 1.16 bits per heavy atom. The molecule has 220 valence electrons. The average Bonchev–Trinajstić information content (AvgIpc) is 3.40. The molecule has 10 heteroatoms. The van der Waals surface area contributed by atoms with E-state index >= 15 is 0 Å².